The van der Waals surface area contributed by atoms with Crippen LogP contribution in [-0.4, -0.2) is 56.6 Å². The van der Waals surface area contributed by atoms with Gasteiger partial charge in [0.25, 0.3) is 0 Å². The van der Waals surface area contributed by atoms with Crippen LogP contribution in [0.1, 0.15) is 27.2 Å². The summed E-state index contributed by atoms with van der Waals surface area (Å²) in [6.45, 7) is 8.06. The third-order valence-electron chi connectivity index (χ3n) is 3.59. The lowest BCUT2D eigenvalue weighted by molar-refractivity contribution is -0.119. The van der Waals surface area contributed by atoms with Gasteiger partial charge >= 0.3 is 0 Å². The average molecular weight is 291 g/mol. The number of nitrogens with one attached hydrogen (secondary N) is 2. The molecule has 7 heteroatoms. The van der Waals surface area contributed by atoms with Gasteiger partial charge in [-0.3, -0.25) is 4.79 Å². The zero-order chi connectivity index (χ0) is 14.5. The van der Waals surface area contributed by atoms with Crippen LogP contribution >= 0.6 is 0 Å². The van der Waals surface area contributed by atoms with E-state index in [9.17, 15) is 13.2 Å². The first-order chi connectivity index (χ1) is 8.90. The Morgan fingerprint density at radius 2 is 2.00 bits per heavy atom. The second-order valence-electron chi connectivity index (χ2n) is 4.98. The van der Waals surface area contributed by atoms with E-state index in [0.717, 1.165) is 13.0 Å². The van der Waals surface area contributed by atoms with Crippen molar-refractivity contribution in [1.82, 2.24) is 14.9 Å². The normalized spacial score (nSPS) is 24.4. The highest BCUT2D eigenvalue weighted by molar-refractivity contribution is 7.89. The minimum Gasteiger partial charge on any atom is -0.351 e. The Balaban J connectivity index is 2.55. The maximum atomic E-state index is 12.0. The predicted octanol–water partition coefficient (Wildman–Crippen LogP) is -0.228. The van der Waals surface area contributed by atoms with E-state index in [-0.39, 0.29) is 6.04 Å². The number of carbonyl (C=O) groups is 1. The van der Waals surface area contributed by atoms with Crippen molar-refractivity contribution in [2.45, 2.75) is 33.2 Å². The van der Waals surface area contributed by atoms with Crippen molar-refractivity contribution >= 4 is 15.9 Å². The molecule has 0 bridgehead atoms. The van der Waals surface area contributed by atoms with Crippen LogP contribution in [0.25, 0.3) is 0 Å². The van der Waals surface area contributed by atoms with Crippen molar-refractivity contribution in [3.8, 4) is 0 Å². The van der Waals surface area contributed by atoms with E-state index in [1.807, 2.05) is 0 Å². The number of hydrogen-bond acceptors (Lipinski definition) is 4. The van der Waals surface area contributed by atoms with Crippen LogP contribution in [-0.2, 0) is 14.8 Å². The summed E-state index contributed by atoms with van der Waals surface area (Å²) in [5, 5.41) is 6.02. The Labute approximate surface area is 116 Å². The van der Waals surface area contributed by atoms with Crippen LogP contribution in [0, 0.1) is 5.92 Å². The number of carbonyl (C=O) groups excluding carboxylic acids is 1. The summed E-state index contributed by atoms with van der Waals surface area (Å²) in [5.41, 5.74) is 0. The van der Waals surface area contributed by atoms with Gasteiger partial charge in [-0.05, 0) is 18.9 Å². The van der Waals surface area contributed by atoms with Crippen molar-refractivity contribution in [2.75, 3.05) is 31.9 Å². The van der Waals surface area contributed by atoms with E-state index in [0.29, 0.717) is 25.6 Å². The highest BCUT2D eigenvalue weighted by atomic mass is 32.2. The molecular formula is C12H25N3O3S. The number of piperidine rings is 1. The maximum Gasteiger partial charge on any atom is 0.236 e. The second-order valence-corrected chi connectivity index (χ2v) is 6.95. The Morgan fingerprint density at radius 3 is 2.53 bits per heavy atom. The van der Waals surface area contributed by atoms with E-state index >= 15 is 0 Å². The quantitative estimate of drug-likeness (QED) is 0.709. The van der Waals surface area contributed by atoms with E-state index in [2.05, 4.69) is 17.6 Å². The molecule has 1 fully saturated rings. The molecule has 0 radical (unpaired) electrons. The fraction of sp³-hybridized carbons (Fsp3) is 0.917. The summed E-state index contributed by atoms with van der Waals surface area (Å²) in [4.78, 5) is 11.9. The van der Waals surface area contributed by atoms with Crippen LogP contribution in [0.3, 0.4) is 0 Å². The first-order valence-electron chi connectivity index (χ1n) is 6.88. The second kappa shape index (κ2) is 7.21. The summed E-state index contributed by atoms with van der Waals surface area (Å²) in [6.07, 6.45) is 0.994. The molecule has 1 amide bonds. The van der Waals surface area contributed by atoms with Crippen LogP contribution < -0.4 is 10.6 Å². The van der Waals surface area contributed by atoms with Crippen LogP contribution in [0.15, 0.2) is 0 Å². The molecule has 1 rings (SSSR count). The summed E-state index contributed by atoms with van der Waals surface area (Å²) < 4.78 is 25.3. The lowest BCUT2D eigenvalue weighted by Gasteiger charge is -2.30. The molecule has 0 aliphatic carbocycles. The van der Waals surface area contributed by atoms with Gasteiger partial charge in [0.1, 0.15) is 5.75 Å². The molecule has 1 aliphatic heterocycles. The lowest BCUT2D eigenvalue weighted by atomic mass is 9.95. The van der Waals surface area contributed by atoms with Crippen LogP contribution in [0.5, 0.6) is 0 Å². The monoisotopic (exact) mass is 291 g/mol. The molecule has 0 aromatic carbocycles. The molecule has 19 heavy (non-hydrogen) atoms. The molecule has 0 saturated carbocycles. The van der Waals surface area contributed by atoms with Crippen molar-refractivity contribution < 1.29 is 13.2 Å². The molecule has 2 unspecified atom stereocenters. The lowest BCUT2D eigenvalue weighted by Crippen LogP contribution is -2.52. The van der Waals surface area contributed by atoms with E-state index < -0.39 is 21.7 Å². The highest BCUT2D eigenvalue weighted by Crippen LogP contribution is 2.11. The molecular weight excluding hydrogens is 266 g/mol. The Hall–Kier alpha value is -0.660. The van der Waals surface area contributed by atoms with Gasteiger partial charge in [-0.1, -0.05) is 20.8 Å². The smallest absolute Gasteiger partial charge is 0.236 e. The SMILES string of the molecule is CCN(CC)S(=O)(=O)CC(=O)NC1CNCCC1C. The van der Waals surface area contributed by atoms with Gasteiger partial charge in [0.05, 0.1) is 0 Å². The third-order valence-corrected chi connectivity index (χ3v) is 5.52. The van der Waals surface area contributed by atoms with Gasteiger partial charge in [0.2, 0.25) is 15.9 Å². The minimum atomic E-state index is -3.49. The molecule has 1 aliphatic rings. The molecule has 0 spiro atoms. The van der Waals surface area contributed by atoms with E-state index in [1.54, 1.807) is 13.8 Å². The van der Waals surface area contributed by atoms with Crippen molar-refractivity contribution in [2.24, 2.45) is 5.92 Å². The number of sulfonamides is 1. The molecule has 2 atom stereocenters. The summed E-state index contributed by atoms with van der Waals surface area (Å²) in [5.74, 6) is -0.494. The molecule has 6 nitrogen and oxygen atoms in total. The minimum absolute atomic E-state index is 0.0214. The Bertz CT molecular complexity index is 393. The van der Waals surface area contributed by atoms with Crippen LogP contribution in [0.4, 0.5) is 0 Å². The summed E-state index contributed by atoms with van der Waals surface area (Å²) in [6, 6.07) is 0.0214. The maximum absolute atomic E-state index is 12.0. The van der Waals surface area contributed by atoms with Crippen molar-refractivity contribution in [1.29, 1.82) is 0 Å². The van der Waals surface area contributed by atoms with Gasteiger partial charge in [0, 0.05) is 25.7 Å². The molecule has 1 saturated heterocycles. The fourth-order valence-electron chi connectivity index (χ4n) is 2.31. The standard InChI is InChI=1S/C12H25N3O3S/c1-4-15(5-2)19(17,18)9-12(16)14-11-8-13-7-6-10(11)3/h10-11,13H,4-9H2,1-3H3,(H,14,16). The molecule has 2 N–H and O–H groups in total. The number of rotatable bonds is 6. The fourth-order valence-corrected chi connectivity index (χ4v) is 3.69. The molecule has 0 aromatic heterocycles. The number of hydrogen-bond donors (Lipinski definition) is 2. The molecule has 0 aromatic rings. The zero-order valence-corrected chi connectivity index (χ0v) is 12.8. The Kier molecular flexibility index (Phi) is 6.22. The third kappa shape index (κ3) is 4.74. The molecule has 1 heterocycles. The first kappa shape index (κ1) is 16.4. The van der Waals surface area contributed by atoms with Crippen molar-refractivity contribution in [3.05, 3.63) is 0 Å². The average Bonchev–Trinajstić information content (AvgIpc) is 2.32. The predicted molar refractivity (Wildman–Crippen MR) is 75.3 cm³/mol. The summed E-state index contributed by atoms with van der Waals surface area (Å²) >= 11 is 0. The Morgan fingerprint density at radius 1 is 1.37 bits per heavy atom. The topological polar surface area (TPSA) is 78.5 Å². The number of amides is 1. The first-order valence-corrected chi connectivity index (χ1v) is 8.49. The van der Waals surface area contributed by atoms with E-state index in [4.69, 9.17) is 0 Å². The van der Waals surface area contributed by atoms with E-state index in [1.165, 1.54) is 4.31 Å². The van der Waals surface area contributed by atoms with Crippen LogP contribution in [0.2, 0.25) is 0 Å². The van der Waals surface area contributed by atoms with Gasteiger partial charge in [-0.25, -0.2) is 12.7 Å². The van der Waals surface area contributed by atoms with Gasteiger partial charge in [-0.15, -0.1) is 0 Å². The zero-order valence-electron chi connectivity index (χ0n) is 12.0. The van der Waals surface area contributed by atoms with Gasteiger partial charge in [0.15, 0.2) is 0 Å². The van der Waals surface area contributed by atoms with Crippen molar-refractivity contribution in [3.63, 3.8) is 0 Å². The summed E-state index contributed by atoms with van der Waals surface area (Å²) in [7, 11) is -3.49. The molecule has 112 valence electrons. The van der Waals surface area contributed by atoms with Gasteiger partial charge in [-0.2, -0.15) is 0 Å². The number of nitrogens with zero attached hydrogens (tertiary/aromatic N) is 1. The highest BCUT2D eigenvalue weighted by Gasteiger charge is 2.27. The van der Waals surface area contributed by atoms with Gasteiger partial charge < -0.3 is 10.6 Å². The largest absolute Gasteiger partial charge is 0.351 e.